The molecule has 0 saturated heterocycles. The molecule has 0 aliphatic heterocycles. The van der Waals surface area contributed by atoms with Gasteiger partial charge in [0.25, 0.3) is 0 Å². The van der Waals surface area contributed by atoms with Crippen LogP contribution in [0.1, 0.15) is 51.2 Å². The van der Waals surface area contributed by atoms with Crippen LogP contribution in [0.15, 0.2) is 65.8 Å². The molecule has 2 aromatic carbocycles. The number of aliphatic hydroxyl groups excluding tert-OH is 1. The molecule has 9 heteroatoms. The number of halogens is 2. The molecule has 1 aliphatic rings. The molecule has 4 N–H and O–H groups in total. The summed E-state index contributed by atoms with van der Waals surface area (Å²) in [6.45, 7) is 7.37. The minimum absolute atomic E-state index is 0.0299. The van der Waals surface area contributed by atoms with E-state index in [0.717, 1.165) is 24.5 Å². The van der Waals surface area contributed by atoms with Crippen molar-refractivity contribution in [3.05, 3.63) is 88.5 Å². The van der Waals surface area contributed by atoms with Crippen LogP contribution >= 0.6 is 0 Å². The number of methoxy groups -OCH3 is 1. The number of carbonyl (C=O) groups is 2. The highest BCUT2D eigenvalue weighted by Crippen LogP contribution is 2.44. The second kappa shape index (κ2) is 15.1. The van der Waals surface area contributed by atoms with Crippen LogP contribution in [0, 0.1) is 23.0 Å². The van der Waals surface area contributed by atoms with Crippen LogP contribution in [0.2, 0.25) is 0 Å². The maximum atomic E-state index is 14.2. The molecule has 0 spiro atoms. The van der Waals surface area contributed by atoms with Crippen molar-refractivity contribution < 1.29 is 28.2 Å². The maximum absolute atomic E-state index is 14.2. The normalized spacial score (nSPS) is 18.1. The predicted molar refractivity (Wildman–Crippen MR) is 160 cm³/mol. The van der Waals surface area contributed by atoms with E-state index in [1.54, 1.807) is 31.1 Å². The molecule has 228 valence electrons. The summed E-state index contributed by atoms with van der Waals surface area (Å²) in [7, 11) is 1.58. The fourth-order valence-corrected chi connectivity index (χ4v) is 5.85. The van der Waals surface area contributed by atoms with E-state index in [9.17, 15) is 23.5 Å². The van der Waals surface area contributed by atoms with Gasteiger partial charge in [-0.25, -0.2) is 8.78 Å². The van der Waals surface area contributed by atoms with Crippen molar-refractivity contribution in [2.45, 2.75) is 59.1 Å². The van der Waals surface area contributed by atoms with E-state index >= 15 is 0 Å². The van der Waals surface area contributed by atoms with Crippen LogP contribution in [-0.2, 0) is 22.6 Å². The van der Waals surface area contributed by atoms with Gasteiger partial charge in [0, 0.05) is 43.7 Å². The number of ether oxygens (including phenoxy) is 1. The van der Waals surface area contributed by atoms with E-state index in [2.05, 4.69) is 5.32 Å². The zero-order valence-electron chi connectivity index (χ0n) is 25.0. The average molecular weight is 584 g/mol. The number of hydrogen-bond acceptors (Lipinski definition) is 5. The smallest absolute Gasteiger partial charge is 0.249 e. The number of allylic oxidation sites excluding steroid dienone is 2. The molecule has 1 unspecified atom stereocenters. The monoisotopic (exact) mass is 583 g/mol. The number of aliphatic hydroxyl groups is 1. The molecule has 0 saturated carbocycles. The minimum Gasteiger partial charge on any atom is -0.497 e. The Kier molecular flexibility index (Phi) is 11.8. The highest BCUT2D eigenvalue weighted by atomic mass is 19.1. The summed E-state index contributed by atoms with van der Waals surface area (Å²) in [5, 5.41) is 14.8. The van der Waals surface area contributed by atoms with Crippen molar-refractivity contribution in [2.75, 3.05) is 26.7 Å². The summed E-state index contributed by atoms with van der Waals surface area (Å²) in [5.41, 5.74) is 6.89. The van der Waals surface area contributed by atoms with Gasteiger partial charge >= 0.3 is 0 Å². The Morgan fingerprint density at radius 3 is 2.36 bits per heavy atom. The standard InChI is InChI=1S/C33H43F2N3O4/c1-5-10-38(11-6-2)31(40)25-12-22(3)18-33(19-25,32(36)41)29(16-24-13-26(34)17-27(35)14-24)30(39)21-37-20-23-8-7-9-28(15-23)42-4/h7-9,12-15,17-18,29-30,37,39H,5-6,10-11,16,19-21H2,1-4H3,(H2,36,41)/t29-,30-,33?/m1/s1. The van der Waals surface area contributed by atoms with E-state index < -0.39 is 35.0 Å². The van der Waals surface area contributed by atoms with Crippen LogP contribution in [0.4, 0.5) is 8.78 Å². The van der Waals surface area contributed by atoms with Crippen molar-refractivity contribution in [1.29, 1.82) is 0 Å². The molecule has 42 heavy (non-hydrogen) atoms. The van der Waals surface area contributed by atoms with Crippen LogP contribution in [0.25, 0.3) is 0 Å². The lowest BCUT2D eigenvalue weighted by atomic mass is 9.63. The highest BCUT2D eigenvalue weighted by molar-refractivity contribution is 5.96. The van der Waals surface area contributed by atoms with Crippen molar-refractivity contribution in [2.24, 2.45) is 17.1 Å². The van der Waals surface area contributed by atoms with Crippen molar-refractivity contribution in [3.8, 4) is 5.75 Å². The van der Waals surface area contributed by atoms with E-state index in [4.69, 9.17) is 10.5 Å². The predicted octanol–water partition coefficient (Wildman–Crippen LogP) is 4.68. The molecule has 3 atom stereocenters. The lowest BCUT2D eigenvalue weighted by Gasteiger charge is -2.42. The molecule has 2 amide bonds. The van der Waals surface area contributed by atoms with Crippen LogP contribution in [-0.4, -0.2) is 54.7 Å². The minimum atomic E-state index is -1.48. The molecule has 0 fully saturated rings. The number of primary amides is 1. The molecule has 3 rings (SSSR count). The number of hydrogen-bond donors (Lipinski definition) is 3. The summed E-state index contributed by atoms with van der Waals surface area (Å²) < 4.78 is 33.7. The topological polar surface area (TPSA) is 105 Å². The second-order valence-electron chi connectivity index (χ2n) is 11.1. The van der Waals surface area contributed by atoms with Crippen LogP contribution < -0.4 is 15.8 Å². The molecule has 0 radical (unpaired) electrons. The molecule has 2 aromatic rings. The lowest BCUT2D eigenvalue weighted by Crippen LogP contribution is -2.51. The number of rotatable bonds is 15. The third-order valence-corrected chi connectivity index (χ3v) is 7.70. The molecule has 0 bridgehead atoms. The van der Waals surface area contributed by atoms with Crippen molar-refractivity contribution in [1.82, 2.24) is 10.2 Å². The van der Waals surface area contributed by atoms with Crippen LogP contribution in [0.3, 0.4) is 0 Å². The Labute approximate surface area is 247 Å². The zero-order chi connectivity index (χ0) is 30.9. The largest absolute Gasteiger partial charge is 0.497 e. The maximum Gasteiger partial charge on any atom is 0.249 e. The highest BCUT2D eigenvalue weighted by Gasteiger charge is 2.48. The van der Waals surface area contributed by atoms with Gasteiger partial charge in [-0.3, -0.25) is 9.59 Å². The van der Waals surface area contributed by atoms with Gasteiger partial charge in [-0.05, 0) is 68.0 Å². The number of amides is 2. The molecule has 1 aliphatic carbocycles. The Morgan fingerprint density at radius 2 is 1.76 bits per heavy atom. The molecular formula is C33H43F2N3O4. The van der Waals surface area contributed by atoms with Gasteiger partial charge in [0.2, 0.25) is 11.8 Å². The van der Waals surface area contributed by atoms with E-state index in [-0.39, 0.29) is 30.9 Å². The first-order valence-corrected chi connectivity index (χ1v) is 14.5. The third-order valence-electron chi connectivity index (χ3n) is 7.70. The fourth-order valence-electron chi connectivity index (χ4n) is 5.85. The summed E-state index contributed by atoms with van der Waals surface area (Å²) in [6, 6.07) is 10.6. The number of nitrogens with zero attached hydrogens (tertiary/aromatic N) is 1. The van der Waals surface area contributed by atoms with Crippen molar-refractivity contribution >= 4 is 11.8 Å². The Bertz CT molecular complexity index is 1290. The first-order valence-electron chi connectivity index (χ1n) is 14.5. The van der Waals surface area contributed by atoms with E-state index in [0.29, 0.717) is 36.5 Å². The van der Waals surface area contributed by atoms with Gasteiger partial charge in [0.1, 0.15) is 17.4 Å². The second-order valence-corrected chi connectivity index (χ2v) is 11.1. The average Bonchev–Trinajstić information content (AvgIpc) is 2.94. The van der Waals surface area contributed by atoms with Gasteiger partial charge in [0.15, 0.2) is 0 Å². The Balaban J connectivity index is 1.98. The van der Waals surface area contributed by atoms with Gasteiger partial charge in [-0.2, -0.15) is 0 Å². The molecule has 7 nitrogen and oxygen atoms in total. The summed E-state index contributed by atoms with van der Waals surface area (Å²) in [4.78, 5) is 28.8. The van der Waals surface area contributed by atoms with Crippen molar-refractivity contribution in [3.63, 3.8) is 0 Å². The summed E-state index contributed by atoms with van der Waals surface area (Å²) >= 11 is 0. The molecule has 0 heterocycles. The zero-order valence-corrected chi connectivity index (χ0v) is 25.0. The Hall–Kier alpha value is -3.56. The van der Waals surface area contributed by atoms with Gasteiger partial charge < -0.3 is 25.8 Å². The number of nitrogens with one attached hydrogen (secondary N) is 1. The number of carbonyl (C=O) groups excluding carboxylic acids is 2. The SMILES string of the molecule is CCCN(CCC)C(=O)C1=CC(C)=CC(C(N)=O)([C@H](Cc2cc(F)cc(F)c2)[C@H](O)CNCc2cccc(OC)c2)C1. The first-order chi connectivity index (χ1) is 20.0. The third kappa shape index (κ3) is 8.26. The summed E-state index contributed by atoms with van der Waals surface area (Å²) in [5.74, 6) is -2.62. The van der Waals surface area contributed by atoms with Gasteiger partial charge in [-0.15, -0.1) is 0 Å². The number of benzene rings is 2. The molecule has 0 aromatic heterocycles. The Morgan fingerprint density at radius 1 is 1.10 bits per heavy atom. The quantitative estimate of drug-likeness (QED) is 0.283. The van der Waals surface area contributed by atoms with E-state index in [1.165, 1.54) is 12.1 Å². The number of nitrogens with two attached hydrogens (primary N) is 1. The molecular weight excluding hydrogens is 540 g/mol. The first kappa shape index (κ1) is 32.9. The van der Waals surface area contributed by atoms with Crippen LogP contribution in [0.5, 0.6) is 5.75 Å². The lowest BCUT2D eigenvalue weighted by molar-refractivity contribution is -0.132. The van der Waals surface area contributed by atoms with Gasteiger partial charge in [-0.1, -0.05) is 43.7 Å². The van der Waals surface area contributed by atoms with Gasteiger partial charge in [0.05, 0.1) is 18.6 Å². The van der Waals surface area contributed by atoms with E-state index in [1.807, 2.05) is 38.1 Å². The fraction of sp³-hybridized carbons (Fsp3) is 0.455. The summed E-state index contributed by atoms with van der Waals surface area (Å²) in [6.07, 6.45) is 3.78.